The summed E-state index contributed by atoms with van der Waals surface area (Å²) in [6, 6.07) is 0. The molecule has 4 fully saturated rings. The molecule has 4 unspecified atom stereocenters. The van der Waals surface area contributed by atoms with Crippen LogP contribution in [0.25, 0.3) is 0 Å². The van der Waals surface area contributed by atoms with Crippen molar-refractivity contribution < 1.29 is 14.6 Å². The van der Waals surface area contributed by atoms with Gasteiger partial charge in [-0.05, 0) is 86.4 Å². The lowest BCUT2D eigenvalue weighted by molar-refractivity contribution is -0.172. The lowest BCUT2D eigenvalue weighted by Gasteiger charge is -2.62. The average Bonchev–Trinajstić information content (AvgIpc) is 2.95. The van der Waals surface area contributed by atoms with E-state index in [-0.39, 0.29) is 29.3 Å². The Kier molecular flexibility index (Phi) is 4.79. The third kappa shape index (κ3) is 2.56. The Morgan fingerprint density at radius 3 is 2.58 bits per heavy atom. The monoisotopic (exact) mass is 362 g/mol. The van der Waals surface area contributed by atoms with Gasteiger partial charge in [-0.1, -0.05) is 26.7 Å². The van der Waals surface area contributed by atoms with Crippen molar-refractivity contribution in [3.8, 4) is 0 Å². The van der Waals surface area contributed by atoms with E-state index in [1.165, 1.54) is 38.5 Å². The van der Waals surface area contributed by atoms with Crippen LogP contribution in [0.3, 0.4) is 0 Å². The number of Topliss-reactive ketones (excluding diaryl/α,β-unsaturated/α-hetero) is 1. The summed E-state index contributed by atoms with van der Waals surface area (Å²) < 4.78 is 5.36. The smallest absolute Gasteiger partial charge is 0.164 e. The molecule has 0 spiro atoms. The summed E-state index contributed by atoms with van der Waals surface area (Å²) in [6.45, 7) is 6.68. The van der Waals surface area contributed by atoms with Gasteiger partial charge in [-0.3, -0.25) is 4.79 Å². The van der Waals surface area contributed by atoms with Gasteiger partial charge < -0.3 is 9.84 Å². The summed E-state index contributed by atoms with van der Waals surface area (Å²) in [5, 5.41) is 11.4. The van der Waals surface area contributed by atoms with Crippen molar-refractivity contribution in [2.75, 3.05) is 7.11 Å². The number of aliphatic hydroxyl groups is 1. The zero-order valence-electron chi connectivity index (χ0n) is 17.2. The molecular weight excluding hydrogens is 324 g/mol. The van der Waals surface area contributed by atoms with E-state index in [0.717, 1.165) is 25.2 Å². The highest BCUT2D eigenvalue weighted by Crippen LogP contribution is 2.67. The van der Waals surface area contributed by atoms with Crippen LogP contribution in [0.15, 0.2) is 0 Å². The number of hydrogen-bond acceptors (Lipinski definition) is 3. The molecule has 0 heterocycles. The Labute approximate surface area is 159 Å². The molecule has 0 aliphatic heterocycles. The Morgan fingerprint density at radius 1 is 1.08 bits per heavy atom. The van der Waals surface area contributed by atoms with Crippen molar-refractivity contribution in [1.82, 2.24) is 0 Å². The van der Waals surface area contributed by atoms with Gasteiger partial charge in [0.05, 0.1) is 6.10 Å². The SMILES string of the molecule is COC(C)C(=O)[C@H]1CCC2C3CC[C@@H]4CCCC[C@]4(C)C3[C@@H](O)C[C@@]21C. The van der Waals surface area contributed by atoms with Crippen LogP contribution in [0.2, 0.25) is 0 Å². The summed E-state index contributed by atoms with van der Waals surface area (Å²) in [7, 11) is 1.63. The number of methoxy groups -OCH3 is 1. The molecule has 3 heteroatoms. The molecule has 9 atom stereocenters. The van der Waals surface area contributed by atoms with Crippen molar-refractivity contribution in [2.24, 2.45) is 40.4 Å². The molecule has 0 amide bonds. The molecule has 0 aromatic carbocycles. The second-order valence-corrected chi connectivity index (χ2v) is 10.5. The van der Waals surface area contributed by atoms with Gasteiger partial charge >= 0.3 is 0 Å². The first-order valence-corrected chi connectivity index (χ1v) is 11.1. The van der Waals surface area contributed by atoms with Crippen molar-refractivity contribution >= 4 is 5.78 Å². The first-order valence-electron chi connectivity index (χ1n) is 11.1. The maximum absolute atomic E-state index is 13.0. The fraction of sp³-hybridized carbons (Fsp3) is 0.957. The molecule has 4 aliphatic carbocycles. The lowest BCUT2D eigenvalue weighted by atomic mass is 9.44. The molecule has 148 valence electrons. The van der Waals surface area contributed by atoms with E-state index in [2.05, 4.69) is 13.8 Å². The van der Waals surface area contributed by atoms with Crippen LogP contribution in [0.4, 0.5) is 0 Å². The molecule has 0 aromatic heterocycles. The minimum Gasteiger partial charge on any atom is -0.393 e. The number of carbonyl (C=O) groups excluding carboxylic acids is 1. The Bertz CT molecular complexity index is 560. The standard InChI is InChI=1S/C23H38O3/c1-14(26-4)21(25)18-11-10-17-16-9-8-15-7-5-6-12-22(15,2)20(16)19(24)13-23(17,18)3/h14-20,24H,5-13H2,1-4H3/t14?,15-,16?,17?,18+,19-,20?,22-,23-/m0/s1. The van der Waals surface area contributed by atoms with Crippen molar-refractivity contribution in [1.29, 1.82) is 0 Å². The van der Waals surface area contributed by atoms with Crippen molar-refractivity contribution in [3.05, 3.63) is 0 Å². The van der Waals surface area contributed by atoms with E-state index < -0.39 is 0 Å². The average molecular weight is 363 g/mol. The Morgan fingerprint density at radius 2 is 1.85 bits per heavy atom. The second kappa shape index (κ2) is 6.58. The normalized spacial score (nSPS) is 51.9. The maximum Gasteiger partial charge on any atom is 0.164 e. The summed E-state index contributed by atoms with van der Waals surface area (Å²) in [5.41, 5.74) is 0.284. The van der Waals surface area contributed by atoms with Crippen LogP contribution >= 0.6 is 0 Å². The molecule has 0 bridgehead atoms. The van der Waals surface area contributed by atoms with Gasteiger partial charge in [-0.25, -0.2) is 0 Å². The van der Waals surface area contributed by atoms with Crippen LogP contribution in [-0.4, -0.2) is 30.2 Å². The number of aliphatic hydroxyl groups excluding tert-OH is 1. The predicted octanol–water partition coefficient (Wildman–Crippen LogP) is 4.61. The third-order valence-corrected chi connectivity index (χ3v) is 9.61. The Hall–Kier alpha value is -0.410. The number of rotatable bonds is 3. The van der Waals surface area contributed by atoms with E-state index in [0.29, 0.717) is 23.2 Å². The van der Waals surface area contributed by atoms with Crippen LogP contribution in [-0.2, 0) is 9.53 Å². The van der Waals surface area contributed by atoms with Crippen LogP contribution in [0.5, 0.6) is 0 Å². The highest BCUT2D eigenvalue weighted by molar-refractivity contribution is 5.86. The fourth-order valence-electron chi connectivity index (χ4n) is 8.29. The highest BCUT2D eigenvalue weighted by atomic mass is 16.5. The van der Waals surface area contributed by atoms with Gasteiger partial charge in [0.15, 0.2) is 5.78 Å². The van der Waals surface area contributed by atoms with Gasteiger partial charge in [-0.2, -0.15) is 0 Å². The molecule has 3 nitrogen and oxygen atoms in total. The summed E-state index contributed by atoms with van der Waals surface area (Å²) in [6.07, 6.45) is 10.4. The molecule has 26 heavy (non-hydrogen) atoms. The maximum atomic E-state index is 13.0. The molecule has 0 aromatic rings. The highest BCUT2D eigenvalue weighted by Gasteiger charge is 2.63. The molecular formula is C23H38O3. The van der Waals surface area contributed by atoms with E-state index in [4.69, 9.17) is 4.74 Å². The second-order valence-electron chi connectivity index (χ2n) is 10.5. The van der Waals surface area contributed by atoms with Crippen LogP contribution in [0.1, 0.15) is 78.6 Å². The van der Waals surface area contributed by atoms with E-state index in [9.17, 15) is 9.90 Å². The van der Waals surface area contributed by atoms with Gasteiger partial charge in [0, 0.05) is 13.0 Å². The molecule has 1 N–H and O–H groups in total. The fourth-order valence-corrected chi connectivity index (χ4v) is 8.29. The quantitative estimate of drug-likeness (QED) is 0.797. The van der Waals surface area contributed by atoms with E-state index in [1.807, 2.05) is 6.92 Å². The third-order valence-electron chi connectivity index (χ3n) is 9.61. The van der Waals surface area contributed by atoms with Crippen molar-refractivity contribution in [2.45, 2.75) is 90.8 Å². The zero-order chi connectivity index (χ0) is 18.7. The minimum absolute atomic E-state index is 0.0394. The largest absolute Gasteiger partial charge is 0.393 e. The van der Waals surface area contributed by atoms with E-state index >= 15 is 0 Å². The van der Waals surface area contributed by atoms with E-state index in [1.54, 1.807) is 7.11 Å². The number of ether oxygens (including phenoxy) is 1. The van der Waals surface area contributed by atoms with Gasteiger partial charge in [-0.15, -0.1) is 0 Å². The number of hydrogen-bond donors (Lipinski definition) is 1. The molecule has 4 aliphatic rings. The minimum atomic E-state index is -0.322. The molecule has 4 saturated carbocycles. The number of carbonyl (C=O) groups is 1. The molecule has 0 saturated heterocycles. The van der Waals surface area contributed by atoms with Crippen molar-refractivity contribution in [3.63, 3.8) is 0 Å². The summed E-state index contributed by atoms with van der Waals surface area (Å²) in [4.78, 5) is 13.0. The Balaban J connectivity index is 1.64. The van der Waals surface area contributed by atoms with Crippen LogP contribution in [0, 0.1) is 40.4 Å². The summed E-state index contributed by atoms with van der Waals surface area (Å²) in [5.74, 6) is 2.81. The first kappa shape index (κ1) is 18.9. The zero-order valence-corrected chi connectivity index (χ0v) is 17.2. The van der Waals surface area contributed by atoms with Gasteiger partial charge in [0.1, 0.15) is 6.10 Å². The summed E-state index contributed by atoms with van der Waals surface area (Å²) >= 11 is 0. The number of fused-ring (bicyclic) bond motifs is 5. The first-order chi connectivity index (χ1) is 12.3. The molecule has 0 radical (unpaired) electrons. The number of ketones is 1. The van der Waals surface area contributed by atoms with Crippen LogP contribution < -0.4 is 0 Å². The molecule has 4 rings (SSSR count). The van der Waals surface area contributed by atoms with Gasteiger partial charge in [0.25, 0.3) is 0 Å². The lowest BCUT2D eigenvalue weighted by Crippen LogP contribution is -2.58. The topological polar surface area (TPSA) is 46.5 Å². The predicted molar refractivity (Wildman–Crippen MR) is 103 cm³/mol. The van der Waals surface area contributed by atoms with Gasteiger partial charge in [0.2, 0.25) is 0 Å².